The van der Waals surface area contributed by atoms with Crippen molar-refractivity contribution >= 4 is 26.7 Å². The number of hydrogen-bond donors (Lipinski definition) is 1. The molecule has 3 aromatic rings. The third kappa shape index (κ3) is 6.13. The molecule has 0 aliphatic carbocycles. The fraction of sp³-hybridized carbons (Fsp3) is 0.400. The van der Waals surface area contributed by atoms with Crippen LogP contribution in [0.3, 0.4) is 0 Å². The predicted octanol–water partition coefficient (Wildman–Crippen LogP) is 2.37. The van der Waals surface area contributed by atoms with Crippen molar-refractivity contribution < 1.29 is 8.42 Å². The lowest BCUT2D eigenvalue weighted by molar-refractivity contribution is 0.178. The number of aromatic nitrogens is 2. The van der Waals surface area contributed by atoms with E-state index in [0.717, 1.165) is 42.1 Å². The Kier molecular flexibility index (Phi) is 7.93. The Balaban J connectivity index is 1.42. The van der Waals surface area contributed by atoms with Gasteiger partial charge in [-0.15, -0.1) is 0 Å². The zero-order chi connectivity index (χ0) is 24.8. The molecule has 0 unspecified atom stereocenters. The summed E-state index contributed by atoms with van der Waals surface area (Å²) >= 11 is 0. The maximum atomic E-state index is 13.0. The smallest absolute Gasteiger partial charge is 0.243 e. The highest BCUT2D eigenvalue weighted by molar-refractivity contribution is 7.89. The lowest BCUT2D eigenvalue weighted by atomic mass is 10.2. The Morgan fingerprint density at radius 1 is 1.06 bits per heavy atom. The molecule has 2 heterocycles. The molecule has 1 saturated heterocycles. The standard InChI is InChI=1S/C25H31N7O2S/c1-30(2)12-6-11-27-25-22-9-3-4-10-23(22)28-24(29-25)19-31-13-15-32(16-14-31)35(33,34)21-8-5-7-20(17-21)18-26/h3-5,7-10,17H,6,11-16,19H2,1-2H3,(H,27,28,29). The largest absolute Gasteiger partial charge is 0.369 e. The van der Waals surface area contributed by atoms with Crippen LogP contribution in [0.25, 0.3) is 10.9 Å². The molecule has 0 atom stereocenters. The molecule has 0 radical (unpaired) electrons. The lowest BCUT2D eigenvalue weighted by Gasteiger charge is -2.33. The molecule has 9 nitrogen and oxygen atoms in total. The topological polar surface area (TPSA) is 105 Å². The van der Waals surface area contributed by atoms with Gasteiger partial charge in [0.2, 0.25) is 10.0 Å². The molecule has 4 rings (SSSR count). The summed E-state index contributed by atoms with van der Waals surface area (Å²) in [6.07, 6.45) is 1.01. The predicted molar refractivity (Wildman–Crippen MR) is 136 cm³/mol. The summed E-state index contributed by atoms with van der Waals surface area (Å²) in [5.74, 6) is 1.56. The maximum absolute atomic E-state index is 13.0. The molecule has 35 heavy (non-hydrogen) atoms. The number of benzene rings is 2. The van der Waals surface area contributed by atoms with E-state index in [0.29, 0.717) is 38.3 Å². The second-order valence-electron chi connectivity index (χ2n) is 8.91. The average Bonchev–Trinajstić information content (AvgIpc) is 2.86. The molecule has 1 aliphatic heterocycles. The van der Waals surface area contributed by atoms with Crippen LogP contribution in [0.4, 0.5) is 5.82 Å². The summed E-state index contributed by atoms with van der Waals surface area (Å²) in [4.78, 5) is 14.1. The van der Waals surface area contributed by atoms with E-state index in [9.17, 15) is 8.42 Å². The highest BCUT2D eigenvalue weighted by Gasteiger charge is 2.29. The second-order valence-corrected chi connectivity index (χ2v) is 10.8. The number of piperazine rings is 1. The fourth-order valence-corrected chi connectivity index (χ4v) is 5.60. The zero-order valence-corrected chi connectivity index (χ0v) is 21.0. The molecule has 0 saturated carbocycles. The Morgan fingerprint density at radius 2 is 1.83 bits per heavy atom. The molecule has 184 valence electrons. The first-order valence-corrected chi connectivity index (χ1v) is 13.2. The van der Waals surface area contributed by atoms with Crippen LogP contribution in [-0.4, -0.2) is 85.9 Å². The average molecular weight is 494 g/mol. The summed E-state index contributed by atoms with van der Waals surface area (Å²) in [7, 11) is 0.490. The molecule has 10 heteroatoms. The molecule has 1 aliphatic rings. The summed E-state index contributed by atoms with van der Waals surface area (Å²) in [5, 5.41) is 13.6. The van der Waals surface area contributed by atoms with Crippen molar-refractivity contribution in [1.82, 2.24) is 24.1 Å². The van der Waals surface area contributed by atoms with E-state index >= 15 is 0 Å². The van der Waals surface area contributed by atoms with E-state index in [-0.39, 0.29) is 4.90 Å². The first kappa shape index (κ1) is 25.0. The second kappa shape index (κ2) is 11.1. The van der Waals surface area contributed by atoms with Crippen molar-refractivity contribution in [2.45, 2.75) is 17.9 Å². The van der Waals surface area contributed by atoms with Crippen molar-refractivity contribution in [3.05, 3.63) is 59.9 Å². The molecular weight excluding hydrogens is 462 g/mol. The van der Waals surface area contributed by atoms with Crippen LogP contribution in [0, 0.1) is 11.3 Å². The normalized spacial score (nSPS) is 15.4. The van der Waals surface area contributed by atoms with E-state index in [1.54, 1.807) is 18.2 Å². The fourth-order valence-electron chi connectivity index (χ4n) is 4.14. The summed E-state index contributed by atoms with van der Waals surface area (Å²) in [6.45, 7) is 4.29. The third-order valence-electron chi connectivity index (χ3n) is 6.02. The summed E-state index contributed by atoms with van der Waals surface area (Å²) < 4.78 is 27.6. The number of sulfonamides is 1. The molecule has 0 bridgehead atoms. The molecule has 2 aromatic carbocycles. The Hall–Kier alpha value is -3.10. The van der Waals surface area contributed by atoms with Crippen LogP contribution in [-0.2, 0) is 16.6 Å². The number of nitrogens with zero attached hydrogens (tertiary/aromatic N) is 6. The van der Waals surface area contributed by atoms with Crippen LogP contribution < -0.4 is 5.32 Å². The first-order valence-electron chi connectivity index (χ1n) is 11.7. The number of rotatable bonds is 9. The van der Waals surface area contributed by atoms with Gasteiger partial charge >= 0.3 is 0 Å². The number of anilines is 1. The highest BCUT2D eigenvalue weighted by Crippen LogP contribution is 2.22. The van der Waals surface area contributed by atoms with Gasteiger partial charge in [-0.2, -0.15) is 9.57 Å². The monoisotopic (exact) mass is 493 g/mol. The zero-order valence-electron chi connectivity index (χ0n) is 20.2. The number of nitriles is 1. The quantitative estimate of drug-likeness (QED) is 0.453. The molecule has 1 N–H and O–H groups in total. The number of hydrogen-bond acceptors (Lipinski definition) is 8. The van der Waals surface area contributed by atoms with Gasteiger partial charge in [-0.3, -0.25) is 4.90 Å². The summed E-state index contributed by atoms with van der Waals surface area (Å²) in [5.41, 5.74) is 1.23. The van der Waals surface area contributed by atoms with E-state index < -0.39 is 10.0 Å². The van der Waals surface area contributed by atoms with Crippen molar-refractivity contribution in [3.8, 4) is 6.07 Å². The highest BCUT2D eigenvalue weighted by atomic mass is 32.2. The van der Waals surface area contributed by atoms with Crippen molar-refractivity contribution in [2.24, 2.45) is 0 Å². The first-order chi connectivity index (χ1) is 16.9. The minimum Gasteiger partial charge on any atom is -0.369 e. The van der Waals surface area contributed by atoms with Crippen molar-refractivity contribution in [1.29, 1.82) is 5.26 Å². The molecule has 1 fully saturated rings. The Morgan fingerprint density at radius 3 is 2.57 bits per heavy atom. The lowest BCUT2D eigenvalue weighted by Crippen LogP contribution is -2.48. The van der Waals surface area contributed by atoms with E-state index in [4.69, 9.17) is 15.2 Å². The minimum absolute atomic E-state index is 0.160. The van der Waals surface area contributed by atoms with Gasteiger partial charge in [-0.25, -0.2) is 18.4 Å². The van der Waals surface area contributed by atoms with Crippen molar-refractivity contribution in [2.75, 3.05) is 58.7 Å². The van der Waals surface area contributed by atoms with Gasteiger partial charge in [0, 0.05) is 38.1 Å². The van der Waals surface area contributed by atoms with Gasteiger partial charge < -0.3 is 10.2 Å². The number of fused-ring (bicyclic) bond motifs is 1. The molecule has 0 spiro atoms. The van der Waals surface area contributed by atoms with Crippen LogP contribution >= 0.6 is 0 Å². The van der Waals surface area contributed by atoms with Gasteiger partial charge in [-0.05, 0) is 57.4 Å². The Labute approximate surface area is 207 Å². The van der Waals surface area contributed by atoms with E-state index in [1.165, 1.54) is 10.4 Å². The maximum Gasteiger partial charge on any atom is 0.243 e. The van der Waals surface area contributed by atoms with Gasteiger partial charge in [0.1, 0.15) is 11.6 Å². The minimum atomic E-state index is -3.63. The van der Waals surface area contributed by atoms with Crippen LogP contribution in [0.5, 0.6) is 0 Å². The number of nitrogens with one attached hydrogen (secondary N) is 1. The van der Waals surface area contributed by atoms with E-state index in [1.807, 2.05) is 30.3 Å². The van der Waals surface area contributed by atoms with Crippen molar-refractivity contribution in [3.63, 3.8) is 0 Å². The Bertz CT molecular complexity index is 1310. The third-order valence-corrected chi connectivity index (χ3v) is 7.92. The number of para-hydroxylation sites is 1. The van der Waals surface area contributed by atoms with Gasteiger partial charge in [0.05, 0.1) is 28.6 Å². The van der Waals surface area contributed by atoms with Gasteiger partial charge in [-0.1, -0.05) is 18.2 Å². The van der Waals surface area contributed by atoms with Crippen LogP contribution in [0.2, 0.25) is 0 Å². The van der Waals surface area contributed by atoms with E-state index in [2.05, 4.69) is 29.2 Å². The van der Waals surface area contributed by atoms with Crippen LogP contribution in [0.1, 0.15) is 17.8 Å². The van der Waals surface area contributed by atoms with Crippen LogP contribution in [0.15, 0.2) is 53.4 Å². The molecule has 0 amide bonds. The van der Waals surface area contributed by atoms with Gasteiger partial charge in [0.15, 0.2) is 0 Å². The molecular formula is C25H31N7O2S. The SMILES string of the molecule is CN(C)CCCNc1nc(CN2CCN(S(=O)(=O)c3cccc(C#N)c3)CC2)nc2ccccc12. The van der Waals surface area contributed by atoms with Gasteiger partial charge in [0.25, 0.3) is 0 Å². The molecule has 1 aromatic heterocycles. The summed E-state index contributed by atoms with van der Waals surface area (Å²) in [6, 6.07) is 16.2.